The molecule has 134 valence electrons. The summed E-state index contributed by atoms with van der Waals surface area (Å²) in [4.78, 5) is 8.55. The second kappa shape index (κ2) is 7.55. The van der Waals surface area contributed by atoms with Gasteiger partial charge in [0.1, 0.15) is 11.3 Å². The minimum absolute atomic E-state index is 0.165. The van der Waals surface area contributed by atoms with Crippen LogP contribution in [0, 0.1) is 0 Å². The van der Waals surface area contributed by atoms with Gasteiger partial charge in [0.15, 0.2) is 0 Å². The second-order valence-electron chi connectivity index (χ2n) is 6.34. The maximum atomic E-state index is 11.0. The summed E-state index contributed by atoms with van der Waals surface area (Å²) in [5, 5.41) is 12.8. The third kappa shape index (κ3) is 3.48. The van der Waals surface area contributed by atoms with E-state index in [9.17, 15) is 5.11 Å². The number of phenols is 1. The number of aromatic nitrogens is 2. The van der Waals surface area contributed by atoms with E-state index in [4.69, 9.17) is 23.2 Å². The fourth-order valence-corrected chi connectivity index (χ4v) is 3.80. The van der Waals surface area contributed by atoms with E-state index in [0.29, 0.717) is 22.0 Å². The highest BCUT2D eigenvalue weighted by molar-refractivity contribution is 6.42. The first-order valence-corrected chi connectivity index (χ1v) is 9.30. The van der Waals surface area contributed by atoms with Gasteiger partial charge in [0.05, 0.1) is 10.0 Å². The van der Waals surface area contributed by atoms with Crippen LogP contribution < -0.4 is 0 Å². The largest absolute Gasteiger partial charge is 0.505 e. The SMILES string of the molecule is Oc1c(C(Cc2cccnc2)c2cccc(Cl)c2Cl)ccc2cccnc12. The van der Waals surface area contributed by atoms with Crippen LogP contribution in [0.15, 0.2) is 73.2 Å². The summed E-state index contributed by atoms with van der Waals surface area (Å²) in [5.41, 5.74) is 3.23. The summed E-state index contributed by atoms with van der Waals surface area (Å²) in [6.45, 7) is 0. The molecule has 4 rings (SSSR count). The first-order chi connectivity index (χ1) is 13.1. The second-order valence-corrected chi connectivity index (χ2v) is 7.12. The van der Waals surface area contributed by atoms with Crippen LogP contribution in [0.3, 0.4) is 0 Å². The third-order valence-corrected chi connectivity index (χ3v) is 5.51. The van der Waals surface area contributed by atoms with Crippen molar-refractivity contribution in [2.45, 2.75) is 12.3 Å². The molecule has 0 saturated carbocycles. The molecule has 2 aromatic carbocycles. The molecule has 0 radical (unpaired) electrons. The first kappa shape index (κ1) is 17.8. The fraction of sp³-hybridized carbons (Fsp3) is 0.0909. The Kier molecular flexibility index (Phi) is 4.97. The Morgan fingerprint density at radius 3 is 2.56 bits per heavy atom. The monoisotopic (exact) mass is 394 g/mol. The number of rotatable bonds is 4. The molecule has 0 bridgehead atoms. The smallest absolute Gasteiger partial charge is 0.145 e. The van der Waals surface area contributed by atoms with Crippen molar-refractivity contribution in [3.05, 3.63) is 99.9 Å². The minimum atomic E-state index is -0.188. The number of halogens is 2. The van der Waals surface area contributed by atoms with Gasteiger partial charge in [-0.25, -0.2) is 0 Å². The van der Waals surface area contributed by atoms with E-state index in [1.54, 1.807) is 18.5 Å². The van der Waals surface area contributed by atoms with E-state index in [1.165, 1.54) is 0 Å². The van der Waals surface area contributed by atoms with Gasteiger partial charge in [-0.05, 0) is 35.7 Å². The molecule has 5 heteroatoms. The summed E-state index contributed by atoms with van der Waals surface area (Å²) in [7, 11) is 0. The van der Waals surface area contributed by atoms with Gasteiger partial charge in [0.2, 0.25) is 0 Å². The van der Waals surface area contributed by atoms with E-state index in [-0.39, 0.29) is 11.7 Å². The molecule has 0 spiro atoms. The predicted octanol–water partition coefficient (Wildman–Crippen LogP) is 6.02. The highest BCUT2D eigenvalue weighted by Gasteiger charge is 2.23. The number of benzene rings is 2. The van der Waals surface area contributed by atoms with Crippen LogP contribution in [-0.4, -0.2) is 15.1 Å². The van der Waals surface area contributed by atoms with Gasteiger partial charge in [-0.2, -0.15) is 0 Å². The quantitative estimate of drug-likeness (QED) is 0.460. The van der Waals surface area contributed by atoms with Crippen LogP contribution in [0.4, 0.5) is 0 Å². The Labute approximate surface area is 167 Å². The molecular formula is C22H16Cl2N2O. The number of pyridine rings is 2. The van der Waals surface area contributed by atoms with Gasteiger partial charge >= 0.3 is 0 Å². The van der Waals surface area contributed by atoms with Gasteiger partial charge in [-0.15, -0.1) is 0 Å². The maximum Gasteiger partial charge on any atom is 0.145 e. The van der Waals surface area contributed by atoms with Crippen molar-refractivity contribution in [2.24, 2.45) is 0 Å². The highest BCUT2D eigenvalue weighted by Crippen LogP contribution is 2.41. The number of fused-ring (bicyclic) bond motifs is 1. The lowest BCUT2D eigenvalue weighted by molar-refractivity contribution is 0.469. The molecule has 0 aliphatic rings. The maximum absolute atomic E-state index is 11.0. The molecule has 3 nitrogen and oxygen atoms in total. The highest BCUT2D eigenvalue weighted by atomic mass is 35.5. The van der Waals surface area contributed by atoms with Gasteiger partial charge in [-0.3, -0.25) is 9.97 Å². The molecule has 4 aromatic rings. The van der Waals surface area contributed by atoms with Gasteiger partial charge in [0, 0.05) is 35.5 Å². The van der Waals surface area contributed by atoms with Crippen molar-refractivity contribution in [1.29, 1.82) is 0 Å². The average molecular weight is 395 g/mol. The van der Waals surface area contributed by atoms with Gasteiger partial charge in [-0.1, -0.05) is 59.6 Å². The van der Waals surface area contributed by atoms with Crippen molar-refractivity contribution >= 4 is 34.1 Å². The molecule has 2 heterocycles. The molecule has 0 amide bonds. The van der Waals surface area contributed by atoms with Crippen LogP contribution in [0.1, 0.15) is 22.6 Å². The van der Waals surface area contributed by atoms with Crippen molar-refractivity contribution in [1.82, 2.24) is 9.97 Å². The average Bonchev–Trinajstić information content (AvgIpc) is 2.70. The first-order valence-electron chi connectivity index (χ1n) is 8.54. The number of hydrogen-bond donors (Lipinski definition) is 1. The van der Waals surface area contributed by atoms with E-state index >= 15 is 0 Å². The molecule has 1 unspecified atom stereocenters. The summed E-state index contributed by atoms with van der Waals surface area (Å²) >= 11 is 12.8. The molecule has 1 N–H and O–H groups in total. The zero-order valence-electron chi connectivity index (χ0n) is 14.3. The Hall–Kier alpha value is -2.62. The summed E-state index contributed by atoms with van der Waals surface area (Å²) in [5.74, 6) is -0.0233. The molecular weight excluding hydrogens is 379 g/mol. The third-order valence-electron chi connectivity index (χ3n) is 4.67. The number of phenolic OH excluding ortho intramolecular Hbond substituents is 1. The van der Waals surface area contributed by atoms with Crippen molar-refractivity contribution < 1.29 is 5.11 Å². The molecule has 0 aliphatic heterocycles. The standard InChI is InChI=1S/C22H16Cl2N2O/c23-19-7-1-6-16(20(19)24)18(12-14-4-2-10-25-13-14)17-9-8-15-5-3-11-26-21(15)22(17)27/h1-11,13,18,27H,12H2. The summed E-state index contributed by atoms with van der Waals surface area (Å²) in [6, 6.07) is 17.1. The van der Waals surface area contributed by atoms with E-state index in [2.05, 4.69) is 9.97 Å². The lowest BCUT2D eigenvalue weighted by Gasteiger charge is -2.21. The van der Waals surface area contributed by atoms with Crippen molar-refractivity contribution in [2.75, 3.05) is 0 Å². The number of aromatic hydroxyl groups is 1. The molecule has 0 fully saturated rings. The minimum Gasteiger partial charge on any atom is -0.505 e. The van der Waals surface area contributed by atoms with Gasteiger partial charge in [0.25, 0.3) is 0 Å². The molecule has 0 aliphatic carbocycles. The Bertz CT molecular complexity index is 1100. The van der Waals surface area contributed by atoms with Crippen LogP contribution in [0.5, 0.6) is 5.75 Å². The van der Waals surface area contributed by atoms with Crippen LogP contribution >= 0.6 is 23.2 Å². The van der Waals surface area contributed by atoms with E-state index in [0.717, 1.165) is 22.1 Å². The van der Waals surface area contributed by atoms with E-state index in [1.807, 2.05) is 54.7 Å². The van der Waals surface area contributed by atoms with Crippen LogP contribution in [-0.2, 0) is 6.42 Å². The zero-order chi connectivity index (χ0) is 18.8. The summed E-state index contributed by atoms with van der Waals surface area (Å²) < 4.78 is 0. The topological polar surface area (TPSA) is 46.0 Å². The molecule has 0 saturated heterocycles. The Morgan fingerprint density at radius 1 is 0.889 bits per heavy atom. The van der Waals surface area contributed by atoms with Gasteiger partial charge < -0.3 is 5.11 Å². The lowest BCUT2D eigenvalue weighted by atomic mass is 9.85. The molecule has 1 atom stereocenters. The Morgan fingerprint density at radius 2 is 1.74 bits per heavy atom. The fourth-order valence-electron chi connectivity index (χ4n) is 3.36. The number of nitrogens with zero attached hydrogens (tertiary/aromatic N) is 2. The number of hydrogen-bond acceptors (Lipinski definition) is 3. The van der Waals surface area contributed by atoms with Crippen molar-refractivity contribution in [3.8, 4) is 5.75 Å². The van der Waals surface area contributed by atoms with Crippen LogP contribution in [0.2, 0.25) is 10.0 Å². The molecule has 27 heavy (non-hydrogen) atoms. The van der Waals surface area contributed by atoms with Crippen LogP contribution in [0.25, 0.3) is 10.9 Å². The lowest BCUT2D eigenvalue weighted by Crippen LogP contribution is -2.07. The predicted molar refractivity (Wildman–Crippen MR) is 110 cm³/mol. The van der Waals surface area contributed by atoms with E-state index < -0.39 is 0 Å². The molecule has 2 aromatic heterocycles. The Balaban J connectivity index is 1.90. The zero-order valence-corrected chi connectivity index (χ0v) is 15.8. The van der Waals surface area contributed by atoms with Crippen molar-refractivity contribution in [3.63, 3.8) is 0 Å². The summed E-state index contributed by atoms with van der Waals surface area (Å²) in [6.07, 6.45) is 5.86. The normalized spacial score (nSPS) is 12.2.